The van der Waals surface area contributed by atoms with E-state index in [1.54, 1.807) is 6.92 Å². The summed E-state index contributed by atoms with van der Waals surface area (Å²) in [6, 6.07) is 6.96. The van der Waals surface area contributed by atoms with E-state index >= 15 is 0 Å². The van der Waals surface area contributed by atoms with E-state index in [4.69, 9.17) is 16.3 Å². The highest BCUT2D eigenvalue weighted by Crippen LogP contribution is 2.19. The van der Waals surface area contributed by atoms with E-state index in [0.29, 0.717) is 42.4 Å². The zero-order chi connectivity index (χ0) is 18.4. The fraction of sp³-hybridized carbons (Fsp3) is 0.444. The lowest BCUT2D eigenvalue weighted by molar-refractivity contribution is -0.139. The molecule has 1 aliphatic heterocycles. The number of carbonyl (C=O) groups is 2. The van der Waals surface area contributed by atoms with Crippen molar-refractivity contribution in [1.29, 1.82) is 0 Å². The van der Waals surface area contributed by atoms with Crippen LogP contribution >= 0.6 is 11.6 Å². The number of hydrogen-bond acceptors (Lipinski definition) is 4. The molecule has 6 nitrogen and oxygen atoms in total. The zero-order valence-electron chi connectivity index (χ0n) is 14.8. The van der Waals surface area contributed by atoms with Gasteiger partial charge in [0.05, 0.1) is 18.2 Å². The van der Waals surface area contributed by atoms with Gasteiger partial charge < -0.3 is 15.4 Å². The molecule has 25 heavy (non-hydrogen) atoms. The Hall–Kier alpha value is -2.05. The van der Waals surface area contributed by atoms with Crippen LogP contribution < -0.4 is 10.6 Å². The molecule has 2 N–H and O–H groups in total. The number of nitrogens with zero attached hydrogens (tertiary/aromatic N) is 1. The highest BCUT2D eigenvalue weighted by atomic mass is 35.5. The predicted molar refractivity (Wildman–Crippen MR) is 97.2 cm³/mol. The third kappa shape index (κ3) is 5.21. The van der Waals surface area contributed by atoms with Gasteiger partial charge in [-0.25, -0.2) is 9.59 Å². The summed E-state index contributed by atoms with van der Waals surface area (Å²) >= 11 is 6.02. The number of urea groups is 1. The number of rotatable bonds is 7. The standard InChI is InChI=1S/C18H24ClN3O3/c1-4-14-16(17(23)25-5-2)15(21-18(24)20-14)11-22(3)10-12-7-6-8-13(19)9-12/h6-9,14H,4-5,10-11H2,1-3H3,(H2,20,21,24). The molecule has 0 bridgehead atoms. The molecule has 0 fully saturated rings. The van der Waals surface area contributed by atoms with Gasteiger partial charge in [0.1, 0.15) is 0 Å². The van der Waals surface area contributed by atoms with Crippen LogP contribution in [0, 0.1) is 0 Å². The molecule has 0 saturated carbocycles. The Labute approximate surface area is 153 Å². The van der Waals surface area contributed by atoms with Crippen molar-refractivity contribution in [1.82, 2.24) is 15.5 Å². The molecule has 0 radical (unpaired) electrons. The quantitative estimate of drug-likeness (QED) is 0.729. The smallest absolute Gasteiger partial charge is 0.337 e. The van der Waals surface area contributed by atoms with Crippen LogP contribution in [0.3, 0.4) is 0 Å². The van der Waals surface area contributed by atoms with Gasteiger partial charge in [-0.1, -0.05) is 30.7 Å². The van der Waals surface area contributed by atoms with Crippen LogP contribution in [-0.2, 0) is 16.1 Å². The molecule has 0 aliphatic carbocycles. The number of hydrogen-bond donors (Lipinski definition) is 2. The highest BCUT2D eigenvalue weighted by Gasteiger charge is 2.31. The van der Waals surface area contributed by atoms with E-state index < -0.39 is 5.97 Å². The van der Waals surface area contributed by atoms with Crippen LogP contribution in [-0.4, -0.2) is 43.1 Å². The second-order valence-electron chi connectivity index (χ2n) is 5.97. The minimum absolute atomic E-state index is 0.290. The van der Waals surface area contributed by atoms with Gasteiger partial charge in [-0.3, -0.25) is 4.90 Å². The summed E-state index contributed by atoms with van der Waals surface area (Å²) < 4.78 is 5.17. The van der Waals surface area contributed by atoms with Crippen molar-refractivity contribution < 1.29 is 14.3 Å². The van der Waals surface area contributed by atoms with Crippen LogP contribution in [0.15, 0.2) is 35.5 Å². The number of amides is 2. The van der Waals surface area contributed by atoms with Crippen molar-refractivity contribution in [2.45, 2.75) is 32.9 Å². The lowest BCUT2D eigenvalue weighted by Crippen LogP contribution is -2.51. The Bertz CT molecular complexity index is 675. The summed E-state index contributed by atoms with van der Waals surface area (Å²) in [6.45, 7) is 5.03. The summed E-state index contributed by atoms with van der Waals surface area (Å²) in [7, 11) is 1.92. The maximum Gasteiger partial charge on any atom is 0.337 e. The van der Waals surface area contributed by atoms with Crippen LogP contribution in [0.4, 0.5) is 4.79 Å². The second-order valence-corrected chi connectivity index (χ2v) is 6.41. The second kappa shape index (κ2) is 8.87. The Kier molecular flexibility index (Phi) is 6.84. The van der Waals surface area contributed by atoms with Crippen molar-refractivity contribution in [2.24, 2.45) is 0 Å². The summed E-state index contributed by atoms with van der Waals surface area (Å²) in [5.74, 6) is -0.395. The lowest BCUT2D eigenvalue weighted by atomic mass is 10.00. The van der Waals surface area contributed by atoms with Gasteiger partial charge in [0.2, 0.25) is 0 Å². The van der Waals surface area contributed by atoms with Gasteiger partial charge in [0.25, 0.3) is 0 Å². The molecule has 136 valence electrons. The maximum absolute atomic E-state index is 12.4. The number of carbonyl (C=O) groups excluding carboxylic acids is 2. The van der Waals surface area contributed by atoms with E-state index in [1.165, 1.54) is 0 Å². The molecule has 1 heterocycles. The Morgan fingerprint density at radius 3 is 2.72 bits per heavy atom. The molecule has 1 aromatic carbocycles. The molecule has 0 saturated heterocycles. The van der Waals surface area contributed by atoms with Gasteiger partial charge in [0.15, 0.2) is 0 Å². The number of nitrogens with one attached hydrogen (secondary N) is 2. The summed E-state index contributed by atoms with van der Waals surface area (Å²) in [4.78, 5) is 26.3. The van der Waals surface area contributed by atoms with E-state index in [2.05, 4.69) is 10.6 Å². The molecule has 1 aliphatic rings. The van der Waals surface area contributed by atoms with E-state index in [-0.39, 0.29) is 12.1 Å². The third-order valence-electron chi connectivity index (χ3n) is 3.92. The fourth-order valence-corrected chi connectivity index (χ4v) is 3.07. The molecule has 1 atom stereocenters. The molecule has 2 amide bonds. The number of ether oxygens (including phenoxy) is 1. The molecule has 1 unspecified atom stereocenters. The average Bonchev–Trinajstić information content (AvgIpc) is 2.54. The van der Waals surface area contributed by atoms with Gasteiger partial charge in [-0.05, 0) is 38.1 Å². The van der Waals surface area contributed by atoms with Crippen LogP contribution in [0.1, 0.15) is 25.8 Å². The van der Waals surface area contributed by atoms with Crippen molar-refractivity contribution >= 4 is 23.6 Å². The summed E-state index contributed by atoms with van der Waals surface area (Å²) in [5.41, 5.74) is 2.13. The maximum atomic E-state index is 12.4. The minimum atomic E-state index is -0.395. The molecular formula is C18H24ClN3O3. The lowest BCUT2D eigenvalue weighted by Gasteiger charge is -2.30. The van der Waals surface area contributed by atoms with E-state index in [0.717, 1.165) is 5.56 Å². The molecule has 0 aromatic heterocycles. The largest absolute Gasteiger partial charge is 0.463 e. The first-order valence-electron chi connectivity index (χ1n) is 8.35. The first kappa shape index (κ1) is 19.3. The molecule has 2 rings (SSSR count). The molecule has 7 heteroatoms. The molecular weight excluding hydrogens is 342 g/mol. The Morgan fingerprint density at radius 1 is 1.32 bits per heavy atom. The van der Waals surface area contributed by atoms with Crippen LogP contribution in [0.2, 0.25) is 5.02 Å². The Morgan fingerprint density at radius 2 is 2.08 bits per heavy atom. The van der Waals surface area contributed by atoms with Crippen LogP contribution in [0.25, 0.3) is 0 Å². The first-order valence-corrected chi connectivity index (χ1v) is 8.73. The van der Waals surface area contributed by atoms with Crippen LogP contribution in [0.5, 0.6) is 0 Å². The van der Waals surface area contributed by atoms with Gasteiger partial charge in [-0.2, -0.15) is 0 Å². The fourth-order valence-electron chi connectivity index (χ4n) is 2.86. The monoisotopic (exact) mass is 365 g/mol. The van der Waals surface area contributed by atoms with Crippen molar-refractivity contribution in [3.8, 4) is 0 Å². The normalized spacial score (nSPS) is 17.3. The average molecular weight is 366 g/mol. The predicted octanol–water partition coefficient (Wildman–Crippen LogP) is 2.68. The third-order valence-corrected chi connectivity index (χ3v) is 4.15. The van der Waals surface area contributed by atoms with Gasteiger partial charge >= 0.3 is 12.0 Å². The Balaban J connectivity index is 2.21. The van der Waals surface area contributed by atoms with Crippen molar-refractivity contribution in [3.05, 3.63) is 46.1 Å². The summed E-state index contributed by atoms with van der Waals surface area (Å²) in [5, 5.41) is 6.21. The SMILES string of the molecule is CCOC(=O)C1=C(CN(C)Cc2cccc(Cl)c2)NC(=O)NC1CC. The highest BCUT2D eigenvalue weighted by molar-refractivity contribution is 6.30. The van der Waals surface area contributed by atoms with Gasteiger partial charge in [0, 0.05) is 23.8 Å². The first-order chi connectivity index (χ1) is 11.9. The summed E-state index contributed by atoms with van der Waals surface area (Å²) in [6.07, 6.45) is 0.614. The van der Waals surface area contributed by atoms with Crippen molar-refractivity contribution in [3.63, 3.8) is 0 Å². The topological polar surface area (TPSA) is 70.7 Å². The van der Waals surface area contributed by atoms with Gasteiger partial charge in [-0.15, -0.1) is 0 Å². The van der Waals surface area contributed by atoms with Crippen molar-refractivity contribution in [2.75, 3.05) is 20.2 Å². The number of benzene rings is 1. The molecule has 1 aromatic rings. The number of likely N-dealkylation sites (N-methyl/N-ethyl adjacent to an activating group) is 1. The number of halogens is 1. The zero-order valence-corrected chi connectivity index (χ0v) is 15.5. The molecule has 0 spiro atoms. The van der Waals surface area contributed by atoms with E-state index in [9.17, 15) is 9.59 Å². The minimum Gasteiger partial charge on any atom is -0.463 e. The number of esters is 1. The van der Waals surface area contributed by atoms with E-state index in [1.807, 2.05) is 43.1 Å².